The van der Waals surface area contributed by atoms with Gasteiger partial charge in [-0.15, -0.1) is 11.3 Å². The molecule has 0 bridgehead atoms. The van der Waals surface area contributed by atoms with Crippen LogP contribution in [0.15, 0.2) is 66.0 Å². The SMILES string of the molecule is CC1(C)OCC(CN2C(=O)c3ccccc3NC2c2cc(C#Cc3ccccc3)cs2)O1. The first kappa shape index (κ1) is 20.8. The molecule has 6 heteroatoms. The number of para-hydroxylation sites is 1. The highest BCUT2D eigenvalue weighted by atomic mass is 32.1. The van der Waals surface area contributed by atoms with Gasteiger partial charge in [-0.25, -0.2) is 0 Å². The van der Waals surface area contributed by atoms with E-state index in [0.29, 0.717) is 18.7 Å². The molecule has 5 rings (SSSR count). The number of carbonyl (C=O) groups is 1. The Kier molecular flexibility index (Phi) is 5.48. The van der Waals surface area contributed by atoms with E-state index in [1.165, 1.54) is 0 Å². The van der Waals surface area contributed by atoms with E-state index in [1.807, 2.05) is 78.7 Å². The fraction of sp³-hybridized carbons (Fsp3) is 0.269. The van der Waals surface area contributed by atoms with Gasteiger partial charge in [-0.05, 0) is 44.2 Å². The number of hydrogen-bond acceptors (Lipinski definition) is 5. The summed E-state index contributed by atoms with van der Waals surface area (Å²) in [7, 11) is 0. The molecule has 1 amide bonds. The highest BCUT2D eigenvalue weighted by Crippen LogP contribution is 2.36. The number of carbonyl (C=O) groups excluding carboxylic acids is 1. The molecule has 2 aromatic carbocycles. The number of hydrogen-bond donors (Lipinski definition) is 1. The number of ether oxygens (including phenoxy) is 2. The molecule has 32 heavy (non-hydrogen) atoms. The van der Waals surface area contributed by atoms with E-state index in [9.17, 15) is 4.79 Å². The van der Waals surface area contributed by atoms with Crippen LogP contribution in [0.25, 0.3) is 0 Å². The van der Waals surface area contributed by atoms with Crippen molar-refractivity contribution < 1.29 is 14.3 Å². The van der Waals surface area contributed by atoms with Crippen LogP contribution in [-0.4, -0.2) is 35.8 Å². The van der Waals surface area contributed by atoms with Gasteiger partial charge in [-0.1, -0.05) is 42.2 Å². The summed E-state index contributed by atoms with van der Waals surface area (Å²) in [5.74, 6) is 5.79. The number of benzene rings is 2. The van der Waals surface area contributed by atoms with Crippen LogP contribution in [0.3, 0.4) is 0 Å². The summed E-state index contributed by atoms with van der Waals surface area (Å²) in [4.78, 5) is 16.3. The third-order valence-corrected chi connectivity index (χ3v) is 6.49. The Morgan fingerprint density at radius 1 is 1.09 bits per heavy atom. The summed E-state index contributed by atoms with van der Waals surface area (Å²) < 4.78 is 11.7. The lowest BCUT2D eigenvalue weighted by Crippen LogP contribution is -2.46. The number of thiophene rings is 1. The molecule has 3 aromatic rings. The van der Waals surface area contributed by atoms with Gasteiger partial charge in [0, 0.05) is 27.1 Å². The van der Waals surface area contributed by atoms with Gasteiger partial charge in [-0.3, -0.25) is 4.79 Å². The van der Waals surface area contributed by atoms with E-state index in [2.05, 4.69) is 23.2 Å². The maximum absolute atomic E-state index is 13.4. The predicted octanol–water partition coefficient (Wildman–Crippen LogP) is 4.87. The van der Waals surface area contributed by atoms with Crippen molar-refractivity contribution in [3.63, 3.8) is 0 Å². The van der Waals surface area contributed by atoms with Gasteiger partial charge in [0.05, 0.1) is 18.7 Å². The Morgan fingerprint density at radius 2 is 1.84 bits per heavy atom. The van der Waals surface area contributed by atoms with Crippen LogP contribution >= 0.6 is 11.3 Å². The summed E-state index contributed by atoms with van der Waals surface area (Å²) >= 11 is 1.60. The molecule has 1 aromatic heterocycles. The van der Waals surface area contributed by atoms with Crippen LogP contribution in [0.4, 0.5) is 5.69 Å². The lowest BCUT2D eigenvalue weighted by Gasteiger charge is -2.38. The van der Waals surface area contributed by atoms with Gasteiger partial charge in [0.15, 0.2) is 5.79 Å². The topological polar surface area (TPSA) is 50.8 Å². The third kappa shape index (κ3) is 4.28. The molecule has 3 heterocycles. The molecule has 1 N–H and O–H groups in total. The molecule has 5 nitrogen and oxygen atoms in total. The van der Waals surface area contributed by atoms with Crippen molar-refractivity contribution >= 4 is 22.9 Å². The molecule has 2 unspecified atom stereocenters. The number of nitrogens with zero attached hydrogens (tertiary/aromatic N) is 1. The van der Waals surface area contributed by atoms with Crippen molar-refractivity contribution in [2.75, 3.05) is 18.5 Å². The van der Waals surface area contributed by atoms with Crippen LogP contribution in [0.5, 0.6) is 0 Å². The Hall–Kier alpha value is -3.11. The number of amides is 1. The zero-order valence-corrected chi connectivity index (χ0v) is 18.8. The summed E-state index contributed by atoms with van der Waals surface area (Å²) in [5.41, 5.74) is 3.42. The number of fused-ring (bicyclic) bond motifs is 1. The Balaban J connectivity index is 1.43. The molecule has 162 valence electrons. The van der Waals surface area contributed by atoms with Gasteiger partial charge < -0.3 is 19.7 Å². The first-order chi connectivity index (χ1) is 15.5. The second kappa shape index (κ2) is 8.44. The van der Waals surface area contributed by atoms with Crippen molar-refractivity contribution in [2.45, 2.75) is 31.9 Å². The van der Waals surface area contributed by atoms with E-state index in [4.69, 9.17) is 9.47 Å². The molecular weight excluding hydrogens is 420 g/mol. The van der Waals surface area contributed by atoms with Gasteiger partial charge in [-0.2, -0.15) is 0 Å². The van der Waals surface area contributed by atoms with Crippen molar-refractivity contribution in [3.8, 4) is 11.8 Å². The summed E-state index contributed by atoms with van der Waals surface area (Å²) in [6.07, 6.45) is -0.470. The monoisotopic (exact) mass is 444 g/mol. The van der Waals surface area contributed by atoms with E-state index < -0.39 is 5.79 Å². The minimum atomic E-state index is -0.631. The van der Waals surface area contributed by atoms with Crippen LogP contribution in [-0.2, 0) is 9.47 Å². The first-order valence-electron chi connectivity index (χ1n) is 10.6. The largest absolute Gasteiger partial charge is 0.360 e. The minimum absolute atomic E-state index is 0.0111. The lowest BCUT2D eigenvalue weighted by molar-refractivity contribution is -0.140. The molecule has 2 aliphatic heterocycles. The Morgan fingerprint density at radius 3 is 2.62 bits per heavy atom. The van der Waals surface area contributed by atoms with Crippen LogP contribution < -0.4 is 5.32 Å². The van der Waals surface area contributed by atoms with E-state index in [1.54, 1.807) is 11.3 Å². The number of rotatable bonds is 3. The molecule has 0 spiro atoms. The van der Waals surface area contributed by atoms with E-state index in [-0.39, 0.29) is 18.2 Å². The first-order valence-corrected chi connectivity index (χ1v) is 11.5. The second-order valence-corrected chi connectivity index (χ2v) is 9.30. The van der Waals surface area contributed by atoms with Gasteiger partial charge >= 0.3 is 0 Å². The standard InChI is InChI=1S/C26H24N2O3S/c1-26(2)30-16-20(31-26)15-28-24(27-22-11-7-6-10-21(22)25(28)29)23-14-19(17-32-23)13-12-18-8-4-3-5-9-18/h3-11,14,17,20,24,27H,15-16H2,1-2H3. The fourth-order valence-corrected chi connectivity index (χ4v) is 4.91. The van der Waals surface area contributed by atoms with Crippen LogP contribution in [0.2, 0.25) is 0 Å². The molecule has 0 radical (unpaired) electrons. The minimum Gasteiger partial charge on any atom is -0.360 e. The van der Waals surface area contributed by atoms with Crippen molar-refractivity contribution in [1.29, 1.82) is 0 Å². The predicted molar refractivity (Wildman–Crippen MR) is 125 cm³/mol. The average molecular weight is 445 g/mol. The zero-order valence-electron chi connectivity index (χ0n) is 18.0. The van der Waals surface area contributed by atoms with Crippen molar-refractivity contribution in [2.24, 2.45) is 0 Å². The normalized spacial score (nSPS) is 21.4. The van der Waals surface area contributed by atoms with Gasteiger partial charge in [0.2, 0.25) is 0 Å². The average Bonchev–Trinajstić information content (AvgIpc) is 3.41. The zero-order chi connectivity index (χ0) is 22.1. The summed E-state index contributed by atoms with van der Waals surface area (Å²) in [6, 6.07) is 19.6. The molecule has 2 aliphatic rings. The highest BCUT2D eigenvalue weighted by Gasteiger charge is 2.39. The summed E-state index contributed by atoms with van der Waals surface area (Å²) in [5, 5.41) is 5.58. The number of anilines is 1. The molecule has 1 saturated heterocycles. The lowest BCUT2D eigenvalue weighted by atomic mass is 10.1. The van der Waals surface area contributed by atoms with Gasteiger partial charge in [0.1, 0.15) is 12.3 Å². The maximum Gasteiger partial charge on any atom is 0.257 e. The molecule has 2 atom stereocenters. The highest BCUT2D eigenvalue weighted by molar-refractivity contribution is 7.10. The quantitative estimate of drug-likeness (QED) is 0.586. The fourth-order valence-electron chi connectivity index (χ4n) is 4.01. The Labute approximate surface area is 192 Å². The molecule has 1 fully saturated rings. The molecular formula is C26H24N2O3S. The smallest absolute Gasteiger partial charge is 0.257 e. The van der Waals surface area contributed by atoms with E-state index in [0.717, 1.165) is 21.7 Å². The van der Waals surface area contributed by atoms with Crippen LogP contribution in [0.1, 0.15) is 46.4 Å². The van der Waals surface area contributed by atoms with Crippen molar-refractivity contribution in [3.05, 3.63) is 87.6 Å². The van der Waals surface area contributed by atoms with Gasteiger partial charge in [0.25, 0.3) is 5.91 Å². The molecule has 0 saturated carbocycles. The molecule has 0 aliphatic carbocycles. The second-order valence-electron chi connectivity index (χ2n) is 8.35. The number of nitrogens with one attached hydrogen (secondary N) is 1. The third-order valence-electron chi connectivity index (χ3n) is 5.50. The maximum atomic E-state index is 13.4. The summed E-state index contributed by atoms with van der Waals surface area (Å²) in [6.45, 7) is 4.70. The van der Waals surface area contributed by atoms with Crippen LogP contribution in [0, 0.1) is 11.8 Å². The van der Waals surface area contributed by atoms with Crippen molar-refractivity contribution in [1.82, 2.24) is 4.90 Å². The Bertz CT molecular complexity index is 1190. The van der Waals surface area contributed by atoms with E-state index >= 15 is 0 Å².